The third kappa shape index (κ3) is 10.4. The molecule has 0 fully saturated rings. The molecule has 1 aliphatic heterocycles. The number of rotatable bonds is 12. The van der Waals surface area contributed by atoms with Gasteiger partial charge in [0.1, 0.15) is 11.0 Å². The normalized spacial score (nSPS) is 13.5. The fraction of sp³-hybridized carbons (Fsp3) is 0.0182. The minimum atomic E-state index is -0.414. The van der Waals surface area contributed by atoms with Gasteiger partial charge < -0.3 is 19.1 Å². The first kappa shape index (κ1) is 66.6. The molecule has 117 heavy (non-hydrogen) atoms. The molecule has 24 rings (SSSR count). The van der Waals surface area contributed by atoms with Crippen LogP contribution in [0.5, 0.6) is 11.5 Å². The minimum absolute atomic E-state index is 0.0949. The first-order valence-corrected chi connectivity index (χ1v) is 40.8. The maximum atomic E-state index is 6.39. The first-order chi connectivity index (χ1) is 58.0. The standard InChI is InChI=1S/C110H69N5OS/c1-3-21-73(22-4-1)83-25-7-9-30-91(83)107-92-31-10-8-26-85(92)86-59-49-75(67-95(86)107)69-39-41-70(42-40-69)76-51-62-100-93(65-76)94-66-77(71-43-45-72(46-44-71)78-50-60-90-89-29-13-16-34-98(89)110(99(90)68-78)96-32-14-11-27-87(96)88-28-12-15-33-97(88)110)52-63-101(94)114(100)81-53-47-74(48-54-81)84-61-64-104(109-108(84)111-117-112-109)113(79-23-5-2-6-24-79)80-55-57-82(58-56-80)115-102-35-17-19-37-105(102)116-106-38-20-18-36-103(106)115/h1-68,107H. The summed E-state index contributed by atoms with van der Waals surface area (Å²) in [5.74, 6) is 1.73. The van der Waals surface area contributed by atoms with E-state index in [2.05, 4.69) is 403 Å². The summed E-state index contributed by atoms with van der Waals surface area (Å²) < 4.78 is 19.0. The van der Waals surface area contributed by atoms with Crippen molar-refractivity contribution in [2.75, 3.05) is 9.80 Å². The van der Waals surface area contributed by atoms with Crippen molar-refractivity contribution >= 4 is 78.7 Å². The second-order valence-electron chi connectivity index (χ2n) is 31.1. The molecule has 3 aliphatic carbocycles. The van der Waals surface area contributed by atoms with Crippen LogP contribution in [0.15, 0.2) is 413 Å². The average Bonchev–Trinajstić information content (AvgIpc) is 1.51. The van der Waals surface area contributed by atoms with E-state index in [-0.39, 0.29) is 5.92 Å². The number of benzene rings is 18. The Bertz CT molecular complexity index is 7300. The highest BCUT2D eigenvalue weighted by Crippen LogP contribution is 2.64. The van der Waals surface area contributed by atoms with Gasteiger partial charge in [0.15, 0.2) is 11.5 Å². The maximum Gasteiger partial charge on any atom is 0.151 e. The van der Waals surface area contributed by atoms with Crippen LogP contribution in [0.25, 0.3) is 139 Å². The van der Waals surface area contributed by atoms with Gasteiger partial charge in [-0.25, -0.2) is 0 Å². The van der Waals surface area contributed by atoms with Gasteiger partial charge in [0.05, 0.1) is 45.2 Å². The molecule has 0 saturated heterocycles. The fourth-order valence-electron chi connectivity index (χ4n) is 19.8. The third-order valence-electron chi connectivity index (χ3n) is 25.0. The molecular formula is C110H69N5OS. The Balaban J connectivity index is 0.588. The van der Waals surface area contributed by atoms with E-state index in [1.807, 2.05) is 24.3 Å². The summed E-state index contributed by atoms with van der Waals surface area (Å²) in [6.45, 7) is 0. The number of ether oxygens (including phenoxy) is 1. The molecule has 3 heterocycles. The van der Waals surface area contributed by atoms with Gasteiger partial charge >= 0.3 is 0 Å². The van der Waals surface area contributed by atoms with Gasteiger partial charge in [-0.1, -0.05) is 291 Å². The lowest BCUT2D eigenvalue weighted by Gasteiger charge is -2.33. The van der Waals surface area contributed by atoms with Crippen molar-refractivity contribution in [1.29, 1.82) is 0 Å². The lowest BCUT2D eigenvalue weighted by molar-refractivity contribution is 0.477. The predicted molar refractivity (Wildman–Crippen MR) is 483 cm³/mol. The summed E-state index contributed by atoms with van der Waals surface area (Å²) in [5, 5.41) is 2.36. The largest absolute Gasteiger partial charge is 0.453 e. The number of anilines is 6. The molecule has 0 saturated carbocycles. The zero-order valence-corrected chi connectivity index (χ0v) is 64.2. The summed E-state index contributed by atoms with van der Waals surface area (Å²) in [4.78, 5) is 4.56. The van der Waals surface area contributed by atoms with Gasteiger partial charge in [-0.05, 0) is 255 Å². The molecule has 1 atom stereocenters. The Morgan fingerprint density at radius 2 is 0.675 bits per heavy atom. The Morgan fingerprint density at radius 1 is 0.274 bits per heavy atom. The highest BCUT2D eigenvalue weighted by atomic mass is 32.1. The molecular weight excluding hydrogens is 1440 g/mol. The average molecular weight is 1510 g/mol. The van der Waals surface area contributed by atoms with Crippen molar-refractivity contribution in [3.05, 3.63) is 451 Å². The molecule has 0 amide bonds. The fourth-order valence-corrected chi connectivity index (χ4v) is 20.4. The lowest BCUT2D eigenvalue weighted by Crippen LogP contribution is -2.25. The topological polar surface area (TPSA) is 46.4 Å². The second kappa shape index (κ2) is 26.6. The van der Waals surface area contributed by atoms with E-state index in [1.54, 1.807) is 0 Å². The van der Waals surface area contributed by atoms with Gasteiger partial charge in [-0.2, -0.15) is 8.75 Å². The highest BCUT2D eigenvalue weighted by Gasteiger charge is 2.51. The SMILES string of the molecule is c1ccc(-c2ccccc2C2c3ccccc3-c3ccc(-c4ccc(-c5ccc6c(c5)c5cc(-c7ccc(-c8ccc9c(c8)C8(c%10ccccc%10-c%10ccccc%108)c8ccccc8-9)cc7)ccc5n6-c5ccc(-c6ccc(N(c7ccccc7)c7ccc(N8c9ccccc9Oc9ccccc98)cc7)c7nsnc67)cc5)cc4)cc32)cc1. The van der Waals surface area contributed by atoms with Gasteiger partial charge in [0.25, 0.3) is 0 Å². The van der Waals surface area contributed by atoms with Crippen molar-refractivity contribution in [2.45, 2.75) is 11.3 Å². The zero-order valence-electron chi connectivity index (χ0n) is 63.4. The van der Waals surface area contributed by atoms with Gasteiger partial charge in [0.2, 0.25) is 0 Å². The van der Waals surface area contributed by atoms with Crippen molar-refractivity contribution in [2.24, 2.45) is 0 Å². The Hall–Kier alpha value is -15.0. The van der Waals surface area contributed by atoms with Crippen LogP contribution in [0.4, 0.5) is 34.1 Å². The minimum Gasteiger partial charge on any atom is -0.453 e. The molecule has 7 heteroatoms. The van der Waals surface area contributed by atoms with Gasteiger partial charge in [0, 0.05) is 45.0 Å². The Morgan fingerprint density at radius 3 is 1.26 bits per heavy atom. The summed E-state index contributed by atoms with van der Waals surface area (Å²) >= 11 is 1.25. The van der Waals surface area contributed by atoms with E-state index in [0.29, 0.717) is 0 Å². The summed E-state index contributed by atoms with van der Waals surface area (Å²) in [7, 11) is 0. The molecule has 1 unspecified atom stereocenters. The van der Waals surface area contributed by atoms with Gasteiger partial charge in [-0.3, -0.25) is 0 Å². The number of para-hydroxylation sites is 5. The van der Waals surface area contributed by atoms with E-state index < -0.39 is 5.41 Å². The molecule has 18 aromatic carbocycles. The van der Waals surface area contributed by atoms with E-state index in [1.165, 1.54) is 128 Å². The Labute approximate surface area is 682 Å². The summed E-state index contributed by atoms with van der Waals surface area (Å²) in [6, 6.07) is 152. The van der Waals surface area contributed by atoms with Crippen LogP contribution in [-0.2, 0) is 5.41 Å². The number of hydrogen-bond donors (Lipinski definition) is 0. The number of nitrogens with zero attached hydrogens (tertiary/aromatic N) is 5. The lowest BCUT2D eigenvalue weighted by atomic mass is 9.70. The second-order valence-corrected chi connectivity index (χ2v) is 31.6. The monoisotopic (exact) mass is 1510 g/mol. The molecule has 6 nitrogen and oxygen atoms in total. The molecule has 2 aromatic heterocycles. The van der Waals surface area contributed by atoms with E-state index in [4.69, 9.17) is 13.5 Å². The van der Waals surface area contributed by atoms with Crippen molar-refractivity contribution in [3.8, 4) is 117 Å². The predicted octanol–water partition coefficient (Wildman–Crippen LogP) is 29.3. The van der Waals surface area contributed by atoms with Crippen LogP contribution in [0.1, 0.15) is 44.9 Å². The van der Waals surface area contributed by atoms with Crippen LogP contribution < -0.4 is 14.5 Å². The molecule has 0 N–H and O–H groups in total. The first-order valence-electron chi connectivity index (χ1n) is 40.1. The molecule has 0 bridgehead atoms. The van der Waals surface area contributed by atoms with Gasteiger partial charge in [-0.15, -0.1) is 0 Å². The number of hydrogen-bond acceptors (Lipinski definition) is 6. The van der Waals surface area contributed by atoms with Crippen LogP contribution in [0.2, 0.25) is 0 Å². The van der Waals surface area contributed by atoms with E-state index in [9.17, 15) is 0 Å². The highest BCUT2D eigenvalue weighted by molar-refractivity contribution is 7.00. The van der Waals surface area contributed by atoms with E-state index in [0.717, 1.165) is 107 Å². The summed E-state index contributed by atoms with van der Waals surface area (Å²) in [5.41, 5.74) is 41.7. The molecule has 20 aromatic rings. The maximum absolute atomic E-state index is 6.39. The van der Waals surface area contributed by atoms with Crippen molar-refractivity contribution in [1.82, 2.24) is 13.3 Å². The molecule has 0 radical (unpaired) electrons. The van der Waals surface area contributed by atoms with Crippen molar-refractivity contribution in [3.63, 3.8) is 0 Å². The van der Waals surface area contributed by atoms with Crippen LogP contribution in [-0.4, -0.2) is 13.3 Å². The van der Waals surface area contributed by atoms with E-state index >= 15 is 0 Å². The van der Waals surface area contributed by atoms with Crippen LogP contribution in [0, 0.1) is 0 Å². The third-order valence-corrected chi connectivity index (χ3v) is 25.6. The van der Waals surface area contributed by atoms with Crippen LogP contribution in [0.3, 0.4) is 0 Å². The zero-order chi connectivity index (χ0) is 76.8. The smallest absolute Gasteiger partial charge is 0.151 e. The number of fused-ring (bicyclic) bond motifs is 19. The Kier molecular flexibility index (Phi) is 15.1. The molecule has 4 aliphatic rings. The quantitative estimate of drug-likeness (QED) is 0.122. The molecule has 1 spiro atoms. The number of aromatic nitrogens is 3. The summed E-state index contributed by atoms with van der Waals surface area (Å²) in [6.07, 6.45) is 0. The van der Waals surface area contributed by atoms with Crippen molar-refractivity contribution < 1.29 is 4.74 Å². The molecule has 546 valence electrons. The van der Waals surface area contributed by atoms with Crippen LogP contribution >= 0.6 is 11.7 Å².